The second-order valence-corrected chi connectivity index (χ2v) is 6.98. The first-order valence-corrected chi connectivity index (χ1v) is 8.81. The number of rotatable bonds is 3. The predicted molar refractivity (Wildman–Crippen MR) is 90.0 cm³/mol. The van der Waals surface area contributed by atoms with Gasteiger partial charge in [-0.15, -0.1) is 11.3 Å². The fourth-order valence-electron chi connectivity index (χ4n) is 3.18. The number of aryl methyl sites for hydroxylation is 1. The molecule has 1 aliphatic rings. The van der Waals surface area contributed by atoms with Gasteiger partial charge in [0.1, 0.15) is 5.01 Å². The van der Waals surface area contributed by atoms with Crippen molar-refractivity contribution in [2.24, 2.45) is 0 Å². The Hall–Kier alpha value is -1.68. The number of piperidine rings is 1. The zero-order valence-corrected chi connectivity index (χ0v) is 14.0. The molecule has 1 fully saturated rings. The number of nitrogens with zero attached hydrogens (tertiary/aromatic N) is 2. The topological polar surface area (TPSA) is 33.2 Å². The second kappa shape index (κ2) is 6.61. The highest BCUT2D eigenvalue weighted by Crippen LogP contribution is 2.34. The van der Waals surface area contributed by atoms with Crippen molar-refractivity contribution in [3.8, 4) is 0 Å². The number of thiazole rings is 1. The summed E-state index contributed by atoms with van der Waals surface area (Å²) in [4.78, 5) is 19.5. The molecule has 0 saturated carbocycles. The molecule has 1 aromatic carbocycles. The highest BCUT2D eigenvalue weighted by atomic mass is 32.1. The largest absolute Gasteiger partial charge is 0.333 e. The molecule has 1 aliphatic heterocycles. The third kappa shape index (κ3) is 3.07. The molecule has 3 nitrogen and oxygen atoms in total. The highest BCUT2D eigenvalue weighted by Gasteiger charge is 2.32. The van der Waals surface area contributed by atoms with E-state index in [4.69, 9.17) is 0 Å². The van der Waals surface area contributed by atoms with E-state index < -0.39 is 0 Å². The van der Waals surface area contributed by atoms with E-state index in [1.807, 2.05) is 24.6 Å². The molecule has 0 unspecified atom stereocenters. The van der Waals surface area contributed by atoms with Crippen LogP contribution in [-0.2, 0) is 4.79 Å². The van der Waals surface area contributed by atoms with Crippen LogP contribution in [0.1, 0.15) is 54.3 Å². The molecule has 2 atom stereocenters. The summed E-state index contributed by atoms with van der Waals surface area (Å²) < 4.78 is 0. The summed E-state index contributed by atoms with van der Waals surface area (Å²) in [7, 11) is 0. The van der Waals surface area contributed by atoms with E-state index in [-0.39, 0.29) is 17.9 Å². The molecular formula is C18H22N2OS. The number of hydrogen-bond donors (Lipinski definition) is 0. The van der Waals surface area contributed by atoms with Crippen LogP contribution < -0.4 is 0 Å². The number of amides is 1. The van der Waals surface area contributed by atoms with Crippen LogP contribution in [0.4, 0.5) is 0 Å². The van der Waals surface area contributed by atoms with Crippen molar-refractivity contribution in [3.63, 3.8) is 0 Å². The smallest absolute Gasteiger partial charge is 0.230 e. The lowest BCUT2D eigenvalue weighted by Gasteiger charge is -2.36. The molecule has 0 aliphatic carbocycles. The van der Waals surface area contributed by atoms with E-state index in [2.05, 4.69) is 35.0 Å². The summed E-state index contributed by atoms with van der Waals surface area (Å²) in [5.74, 6) is 0.131. The van der Waals surface area contributed by atoms with Crippen molar-refractivity contribution >= 4 is 17.2 Å². The van der Waals surface area contributed by atoms with Gasteiger partial charge in [0.05, 0.1) is 12.0 Å². The SMILES string of the molecule is Cc1cccc([C@@H](C)C(=O)N2CCCC[C@@H]2c2nccs2)c1. The minimum absolute atomic E-state index is 0.0968. The summed E-state index contributed by atoms with van der Waals surface area (Å²) in [5, 5.41) is 3.07. The van der Waals surface area contributed by atoms with Gasteiger partial charge in [-0.25, -0.2) is 4.98 Å². The number of benzene rings is 1. The number of hydrogen-bond acceptors (Lipinski definition) is 3. The average molecular weight is 314 g/mol. The molecule has 4 heteroatoms. The van der Waals surface area contributed by atoms with E-state index >= 15 is 0 Å². The van der Waals surface area contributed by atoms with Crippen LogP contribution in [0.2, 0.25) is 0 Å². The normalized spacial score (nSPS) is 19.9. The summed E-state index contributed by atoms with van der Waals surface area (Å²) >= 11 is 1.66. The molecule has 0 bridgehead atoms. The van der Waals surface area contributed by atoms with Crippen LogP contribution in [0.5, 0.6) is 0 Å². The van der Waals surface area contributed by atoms with Gasteiger partial charge in [0, 0.05) is 18.1 Å². The monoisotopic (exact) mass is 314 g/mol. The van der Waals surface area contributed by atoms with Gasteiger partial charge in [0.2, 0.25) is 5.91 Å². The van der Waals surface area contributed by atoms with Gasteiger partial charge in [0.15, 0.2) is 0 Å². The van der Waals surface area contributed by atoms with Gasteiger partial charge in [-0.1, -0.05) is 29.8 Å². The Labute approximate surface area is 136 Å². The van der Waals surface area contributed by atoms with Crippen LogP contribution in [-0.4, -0.2) is 22.3 Å². The summed E-state index contributed by atoms with van der Waals surface area (Å²) in [5.41, 5.74) is 2.31. The lowest BCUT2D eigenvalue weighted by molar-refractivity contribution is -0.136. The summed E-state index contributed by atoms with van der Waals surface area (Å²) in [6.07, 6.45) is 5.13. The Bertz CT molecular complexity index is 638. The van der Waals surface area contributed by atoms with Crippen LogP contribution in [0.25, 0.3) is 0 Å². The van der Waals surface area contributed by atoms with Crippen LogP contribution >= 0.6 is 11.3 Å². The molecule has 1 aromatic heterocycles. The van der Waals surface area contributed by atoms with E-state index in [0.29, 0.717) is 0 Å². The zero-order valence-electron chi connectivity index (χ0n) is 13.2. The van der Waals surface area contributed by atoms with Crippen molar-refractivity contribution in [3.05, 3.63) is 52.0 Å². The van der Waals surface area contributed by atoms with E-state index in [1.54, 1.807) is 11.3 Å². The van der Waals surface area contributed by atoms with Crippen molar-refractivity contribution < 1.29 is 4.79 Å². The first-order valence-electron chi connectivity index (χ1n) is 7.93. The van der Waals surface area contributed by atoms with Gasteiger partial charge in [-0.05, 0) is 38.7 Å². The molecule has 3 rings (SSSR count). The molecule has 116 valence electrons. The Morgan fingerprint density at radius 1 is 1.41 bits per heavy atom. The molecule has 1 saturated heterocycles. The molecule has 1 amide bonds. The number of likely N-dealkylation sites (tertiary alicyclic amines) is 1. The lowest BCUT2D eigenvalue weighted by atomic mass is 9.95. The van der Waals surface area contributed by atoms with E-state index in [0.717, 1.165) is 30.0 Å². The molecule has 22 heavy (non-hydrogen) atoms. The van der Waals surface area contributed by atoms with Gasteiger partial charge in [-0.3, -0.25) is 4.79 Å². The molecule has 0 radical (unpaired) electrons. The van der Waals surface area contributed by atoms with E-state index in [1.165, 1.54) is 12.0 Å². The fourth-order valence-corrected chi connectivity index (χ4v) is 3.97. The standard InChI is InChI=1S/C18H22N2OS/c1-13-6-5-7-15(12-13)14(2)18(21)20-10-4-3-8-16(20)17-19-9-11-22-17/h5-7,9,11-12,14,16H,3-4,8,10H2,1-2H3/t14-,16-/m1/s1. The molecule has 0 N–H and O–H groups in total. The van der Waals surface area contributed by atoms with Gasteiger partial charge >= 0.3 is 0 Å². The van der Waals surface area contributed by atoms with Crippen LogP contribution in [0.3, 0.4) is 0 Å². The lowest BCUT2D eigenvalue weighted by Crippen LogP contribution is -2.40. The first-order chi connectivity index (χ1) is 10.7. The fraction of sp³-hybridized carbons (Fsp3) is 0.444. The van der Waals surface area contributed by atoms with Crippen LogP contribution in [0.15, 0.2) is 35.8 Å². The first kappa shape index (κ1) is 15.2. The average Bonchev–Trinajstić information content (AvgIpc) is 3.08. The second-order valence-electron chi connectivity index (χ2n) is 6.05. The van der Waals surface area contributed by atoms with Crippen LogP contribution in [0, 0.1) is 6.92 Å². The predicted octanol–water partition coefficient (Wildman–Crippen LogP) is 4.31. The van der Waals surface area contributed by atoms with Gasteiger partial charge in [-0.2, -0.15) is 0 Å². The van der Waals surface area contributed by atoms with Gasteiger partial charge < -0.3 is 4.90 Å². The highest BCUT2D eigenvalue weighted by molar-refractivity contribution is 7.09. The zero-order chi connectivity index (χ0) is 15.5. The van der Waals surface area contributed by atoms with Crippen molar-refractivity contribution in [2.45, 2.75) is 45.1 Å². The Balaban J connectivity index is 1.82. The van der Waals surface area contributed by atoms with Crippen molar-refractivity contribution in [1.29, 1.82) is 0 Å². The quantitative estimate of drug-likeness (QED) is 0.846. The molecule has 2 aromatic rings. The van der Waals surface area contributed by atoms with E-state index in [9.17, 15) is 4.79 Å². The van der Waals surface area contributed by atoms with Gasteiger partial charge in [0.25, 0.3) is 0 Å². The Morgan fingerprint density at radius 2 is 2.27 bits per heavy atom. The minimum atomic E-state index is -0.0968. The Kier molecular flexibility index (Phi) is 4.57. The van der Waals surface area contributed by atoms with Crippen molar-refractivity contribution in [2.75, 3.05) is 6.54 Å². The Morgan fingerprint density at radius 3 is 3.00 bits per heavy atom. The maximum atomic E-state index is 13.0. The van der Waals surface area contributed by atoms with Crippen molar-refractivity contribution in [1.82, 2.24) is 9.88 Å². The summed E-state index contributed by atoms with van der Waals surface area (Å²) in [6, 6.07) is 8.43. The third-order valence-electron chi connectivity index (χ3n) is 4.43. The molecule has 0 spiro atoms. The minimum Gasteiger partial charge on any atom is -0.333 e. The summed E-state index contributed by atoms with van der Waals surface area (Å²) in [6.45, 7) is 4.93. The third-order valence-corrected chi connectivity index (χ3v) is 5.31. The molecule has 2 heterocycles. The number of carbonyl (C=O) groups is 1. The maximum absolute atomic E-state index is 13.0. The maximum Gasteiger partial charge on any atom is 0.230 e. The number of aromatic nitrogens is 1. The number of carbonyl (C=O) groups excluding carboxylic acids is 1. The molecular weight excluding hydrogens is 292 g/mol.